The summed E-state index contributed by atoms with van der Waals surface area (Å²) < 4.78 is 18.7. The minimum Gasteiger partial charge on any atom is -0.493 e. The van der Waals surface area contributed by atoms with Gasteiger partial charge in [0.05, 0.1) is 51.7 Å². The Bertz CT molecular complexity index is 1570. The Kier molecular flexibility index (Phi) is 8.11. The molecule has 37 heavy (non-hydrogen) atoms. The molecule has 3 aromatic rings. The predicted octanol–water partition coefficient (Wildman–Crippen LogP) is 4.90. The molecule has 0 amide bonds. The molecule has 194 valence electrons. The molecule has 7 nitrogen and oxygen atoms in total. The van der Waals surface area contributed by atoms with Crippen molar-refractivity contribution in [3.63, 3.8) is 0 Å². The average Bonchev–Trinajstić information content (AvgIpc) is 3.15. The molecule has 1 aliphatic rings. The van der Waals surface area contributed by atoms with Gasteiger partial charge in [-0.3, -0.25) is 9.36 Å². The molecule has 0 bridgehead atoms. The molecule has 0 saturated carbocycles. The highest BCUT2D eigenvalue weighted by Crippen LogP contribution is 2.36. The SMILES string of the molecule is CCOC(=O)C1=C(C)N=c2s/c(=C/c3cccc(Cl)c3Cl)c(=O)n2[C@H]1c1ccc(OC(C)C)c(OC)c1. The summed E-state index contributed by atoms with van der Waals surface area (Å²) >= 11 is 13.7. The Hall–Kier alpha value is -3.07. The summed E-state index contributed by atoms with van der Waals surface area (Å²) in [5.41, 5.74) is 1.69. The predicted molar refractivity (Wildman–Crippen MR) is 146 cm³/mol. The van der Waals surface area contributed by atoms with Crippen LogP contribution in [0.5, 0.6) is 11.5 Å². The lowest BCUT2D eigenvalue weighted by atomic mass is 9.95. The highest BCUT2D eigenvalue weighted by Gasteiger charge is 2.34. The first-order chi connectivity index (χ1) is 17.7. The minimum atomic E-state index is -0.783. The molecule has 1 aliphatic heterocycles. The van der Waals surface area contributed by atoms with Crippen LogP contribution in [0.2, 0.25) is 10.0 Å². The van der Waals surface area contributed by atoms with Crippen LogP contribution in [-0.2, 0) is 9.53 Å². The van der Waals surface area contributed by atoms with Crippen LogP contribution in [0.15, 0.2) is 57.5 Å². The molecule has 0 saturated heterocycles. The van der Waals surface area contributed by atoms with Crippen LogP contribution in [-0.4, -0.2) is 30.4 Å². The fraction of sp³-hybridized carbons (Fsp3) is 0.296. The van der Waals surface area contributed by atoms with Crippen LogP contribution in [0.25, 0.3) is 6.08 Å². The first-order valence-corrected chi connectivity index (χ1v) is 13.2. The van der Waals surface area contributed by atoms with Gasteiger partial charge in [0.2, 0.25) is 0 Å². The molecule has 0 fully saturated rings. The van der Waals surface area contributed by atoms with Gasteiger partial charge in [-0.25, -0.2) is 9.79 Å². The Morgan fingerprint density at radius 3 is 2.65 bits per heavy atom. The summed E-state index contributed by atoms with van der Waals surface area (Å²) in [6.45, 7) is 7.49. The van der Waals surface area contributed by atoms with Crippen molar-refractivity contribution in [2.75, 3.05) is 13.7 Å². The van der Waals surface area contributed by atoms with Gasteiger partial charge >= 0.3 is 5.97 Å². The number of aromatic nitrogens is 1. The lowest BCUT2D eigenvalue weighted by Crippen LogP contribution is -2.40. The number of allylic oxidation sites excluding steroid dienone is 1. The van der Waals surface area contributed by atoms with E-state index in [9.17, 15) is 9.59 Å². The fourth-order valence-electron chi connectivity index (χ4n) is 4.09. The summed E-state index contributed by atoms with van der Waals surface area (Å²) in [5, 5.41) is 0.734. The highest BCUT2D eigenvalue weighted by atomic mass is 35.5. The van der Waals surface area contributed by atoms with Gasteiger partial charge in [-0.2, -0.15) is 0 Å². The van der Waals surface area contributed by atoms with E-state index in [2.05, 4.69) is 4.99 Å². The van der Waals surface area contributed by atoms with Gasteiger partial charge < -0.3 is 14.2 Å². The van der Waals surface area contributed by atoms with E-state index in [1.54, 1.807) is 57.4 Å². The number of ether oxygens (including phenoxy) is 3. The third kappa shape index (κ3) is 5.32. The number of nitrogens with zero attached hydrogens (tertiary/aromatic N) is 2. The third-order valence-corrected chi connectivity index (χ3v) is 7.47. The number of hydrogen-bond donors (Lipinski definition) is 0. The number of rotatable bonds is 7. The second-order valence-electron chi connectivity index (χ2n) is 8.52. The first-order valence-electron chi connectivity index (χ1n) is 11.6. The number of benzene rings is 2. The van der Waals surface area contributed by atoms with Crippen molar-refractivity contribution in [1.82, 2.24) is 4.57 Å². The molecular weight excluding hydrogens is 535 g/mol. The maximum Gasteiger partial charge on any atom is 0.338 e. The zero-order valence-electron chi connectivity index (χ0n) is 21.0. The average molecular weight is 561 g/mol. The maximum absolute atomic E-state index is 13.8. The number of hydrogen-bond acceptors (Lipinski definition) is 7. The number of fused-ring (bicyclic) bond motifs is 1. The molecule has 0 unspecified atom stereocenters. The molecule has 10 heteroatoms. The second kappa shape index (κ2) is 11.1. The van der Waals surface area contributed by atoms with E-state index < -0.39 is 12.0 Å². The van der Waals surface area contributed by atoms with Crippen LogP contribution in [0.4, 0.5) is 0 Å². The second-order valence-corrected chi connectivity index (χ2v) is 10.3. The molecule has 2 aromatic carbocycles. The molecule has 0 aliphatic carbocycles. The van der Waals surface area contributed by atoms with Gasteiger partial charge in [0.15, 0.2) is 16.3 Å². The smallest absolute Gasteiger partial charge is 0.338 e. The summed E-state index contributed by atoms with van der Waals surface area (Å²) in [6, 6.07) is 9.78. The first kappa shape index (κ1) is 27.0. The topological polar surface area (TPSA) is 79.1 Å². The van der Waals surface area contributed by atoms with Crippen molar-refractivity contribution >= 4 is 46.6 Å². The van der Waals surface area contributed by atoms with Gasteiger partial charge in [-0.05, 0) is 63.1 Å². The number of thiazole rings is 1. The number of esters is 1. The van der Waals surface area contributed by atoms with E-state index in [-0.39, 0.29) is 23.8 Å². The van der Waals surface area contributed by atoms with Gasteiger partial charge in [-0.15, -0.1) is 0 Å². The lowest BCUT2D eigenvalue weighted by Gasteiger charge is -2.25. The maximum atomic E-state index is 13.8. The van der Waals surface area contributed by atoms with Crippen LogP contribution in [0.1, 0.15) is 44.9 Å². The van der Waals surface area contributed by atoms with E-state index >= 15 is 0 Å². The molecule has 4 rings (SSSR count). The van der Waals surface area contributed by atoms with Gasteiger partial charge in [-0.1, -0.05) is 52.7 Å². The normalized spacial score (nSPS) is 15.5. The molecular formula is C27H26Cl2N2O5S. The third-order valence-electron chi connectivity index (χ3n) is 5.65. The summed E-state index contributed by atoms with van der Waals surface area (Å²) in [5.74, 6) is 0.502. The van der Waals surface area contributed by atoms with Crippen molar-refractivity contribution in [3.8, 4) is 11.5 Å². The van der Waals surface area contributed by atoms with E-state index in [0.717, 1.165) is 0 Å². The Morgan fingerprint density at radius 1 is 1.22 bits per heavy atom. The number of halogens is 2. The molecule has 1 atom stereocenters. The number of carbonyl (C=O) groups excluding carboxylic acids is 1. The molecule has 2 heterocycles. The zero-order chi connectivity index (χ0) is 26.9. The van der Waals surface area contributed by atoms with Gasteiger partial charge in [0.1, 0.15) is 0 Å². The Balaban J connectivity index is 1.96. The molecule has 0 radical (unpaired) electrons. The Labute approximate surface area is 228 Å². The monoisotopic (exact) mass is 560 g/mol. The van der Waals surface area contributed by atoms with E-state index in [0.29, 0.717) is 47.7 Å². The quantitative estimate of drug-likeness (QED) is 0.384. The minimum absolute atomic E-state index is 0.0621. The number of carbonyl (C=O) groups is 1. The zero-order valence-corrected chi connectivity index (χ0v) is 23.3. The van der Waals surface area contributed by atoms with Crippen molar-refractivity contribution in [2.45, 2.75) is 39.8 Å². The standard InChI is InChI=1S/C27H26Cl2N2O5S/c1-6-35-26(33)22-15(4)30-27-31(24(22)17-10-11-19(36-14(2)3)20(12-17)34-5)25(32)21(37-27)13-16-8-7-9-18(28)23(16)29/h7-14,24H,6H2,1-5H3/b21-13+/t24-/m0/s1. The van der Waals surface area contributed by atoms with Crippen molar-refractivity contribution in [3.05, 3.63) is 88.5 Å². The summed E-state index contributed by atoms with van der Waals surface area (Å²) in [6.07, 6.45) is 1.62. The fourth-order valence-corrected chi connectivity index (χ4v) is 5.49. The van der Waals surface area contributed by atoms with E-state index in [1.807, 2.05) is 19.9 Å². The lowest BCUT2D eigenvalue weighted by molar-refractivity contribution is -0.139. The van der Waals surface area contributed by atoms with Crippen LogP contribution < -0.4 is 24.4 Å². The van der Waals surface area contributed by atoms with Crippen LogP contribution in [0, 0.1) is 0 Å². The van der Waals surface area contributed by atoms with Gasteiger partial charge in [0.25, 0.3) is 5.56 Å². The Morgan fingerprint density at radius 2 is 1.97 bits per heavy atom. The largest absolute Gasteiger partial charge is 0.493 e. The molecule has 0 spiro atoms. The highest BCUT2D eigenvalue weighted by molar-refractivity contribution is 7.07. The summed E-state index contributed by atoms with van der Waals surface area (Å²) in [7, 11) is 1.54. The van der Waals surface area contributed by atoms with Crippen molar-refractivity contribution < 1.29 is 19.0 Å². The number of methoxy groups -OCH3 is 1. The molecule has 1 aromatic heterocycles. The van der Waals surface area contributed by atoms with Crippen molar-refractivity contribution in [1.29, 1.82) is 0 Å². The van der Waals surface area contributed by atoms with E-state index in [1.165, 1.54) is 15.9 Å². The van der Waals surface area contributed by atoms with Gasteiger partial charge in [0, 0.05) is 0 Å². The summed E-state index contributed by atoms with van der Waals surface area (Å²) in [4.78, 5) is 31.9. The van der Waals surface area contributed by atoms with Crippen LogP contribution >= 0.6 is 34.5 Å². The van der Waals surface area contributed by atoms with Crippen molar-refractivity contribution in [2.24, 2.45) is 4.99 Å². The molecule has 0 N–H and O–H groups in total. The van der Waals surface area contributed by atoms with E-state index in [4.69, 9.17) is 37.4 Å². The van der Waals surface area contributed by atoms with Crippen LogP contribution in [0.3, 0.4) is 0 Å².